The molecule has 2 aliphatic heterocycles. The molecule has 0 atom stereocenters. The Morgan fingerprint density at radius 1 is 0.625 bits per heavy atom. The third-order valence-electron chi connectivity index (χ3n) is 2.98. The van der Waals surface area contributed by atoms with E-state index in [4.69, 9.17) is 17.7 Å². The number of rotatable bonds is 1. The highest BCUT2D eigenvalue weighted by molar-refractivity contribution is 7.31. The summed E-state index contributed by atoms with van der Waals surface area (Å²) < 4.78 is 23.6. The van der Waals surface area contributed by atoms with Crippen molar-refractivity contribution in [1.82, 2.24) is 0 Å². The molecule has 0 fully saturated rings. The molecular formula is C10H18O4Si2. The molecule has 90 valence electrons. The molecular weight excluding hydrogens is 240 g/mol. The summed E-state index contributed by atoms with van der Waals surface area (Å²) >= 11 is 0. The van der Waals surface area contributed by atoms with Gasteiger partial charge in [0.1, 0.15) is 0 Å². The Hall–Kier alpha value is -0.246. The molecule has 0 unspecified atom stereocenters. The molecule has 0 spiro atoms. The van der Waals surface area contributed by atoms with E-state index in [0.717, 1.165) is 0 Å². The van der Waals surface area contributed by atoms with Crippen LogP contribution in [0.25, 0.3) is 0 Å². The molecule has 0 saturated carbocycles. The quantitative estimate of drug-likeness (QED) is 0.526. The summed E-state index contributed by atoms with van der Waals surface area (Å²) in [6.07, 6.45) is 7.96. The molecule has 4 nitrogen and oxygen atoms in total. The van der Waals surface area contributed by atoms with Gasteiger partial charge in [0.05, 0.1) is 26.4 Å². The maximum atomic E-state index is 5.90. The number of hydrogen-bond donors (Lipinski definition) is 0. The van der Waals surface area contributed by atoms with Crippen molar-refractivity contribution in [3.63, 3.8) is 0 Å². The fraction of sp³-hybridized carbons (Fsp3) is 0.600. The first-order chi connectivity index (χ1) is 7.66. The molecule has 0 aromatic rings. The van der Waals surface area contributed by atoms with E-state index in [9.17, 15) is 0 Å². The van der Waals surface area contributed by atoms with Crippen LogP contribution in [0.2, 0.25) is 13.1 Å². The highest BCUT2D eigenvalue weighted by atomic mass is 29.3. The topological polar surface area (TPSA) is 36.9 Å². The van der Waals surface area contributed by atoms with Gasteiger partial charge in [-0.25, -0.2) is 0 Å². The van der Waals surface area contributed by atoms with Crippen molar-refractivity contribution >= 4 is 16.2 Å². The normalized spacial score (nSPS) is 28.4. The lowest BCUT2D eigenvalue weighted by Crippen LogP contribution is -2.66. The van der Waals surface area contributed by atoms with E-state index in [1.807, 2.05) is 24.3 Å². The van der Waals surface area contributed by atoms with Crippen LogP contribution in [0.3, 0.4) is 0 Å². The van der Waals surface area contributed by atoms with Gasteiger partial charge in [0.2, 0.25) is 0 Å². The predicted octanol–water partition coefficient (Wildman–Crippen LogP) is 1.41. The molecule has 0 aromatic carbocycles. The van der Waals surface area contributed by atoms with Crippen LogP contribution < -0.4 is 0 Å². The second-order valence-electron chi connectivity index (χ2n) is 4.08. The highest BCUT2D eigenvalue weighted by Crippen LogP contribution is 2.26. The van der Waals surface area contributed by atoms with Gasteiger partial charge < -0.3 is 17.7 Å². The van der Waals surface area contributed by atoms with Crippen LogP contribution >= 0.6 is 0 Å². The average Bonchev–Trinajstić information content (AvgIpc) is 2.61. The Balaban J connectivity index is 2.13. The Labute approximate surface area is 98.1 Å². The lowest BCUT2D eigenvalue weighted by atomic mass is 10.5. The largest absolute Gasteiger partial charge is 0.390 e. The van der Waals surface area contributed by atoms with E-state index in [0.29, 0.717) is 26.4 Å². The van der Waals surface area contributed by atoms with E-state index >= 15 is 0 Å². The molecule has 2 aliphatic rings. The Morgan fingerprint density at radius 2 is 0.875 bits per heavy atom. The summed E-state index contributed by atoms with van der Waals surface area (Å²) in [5, 5.41) is 0. The highest BCUT2D eigenvalue weighted by Gasteiger charge is 2.58. The van der Waals surface area contributed by atoms with Gasteiger partial charge in [0.25, 0.3) is 0 Å². The first kappa shape index (κ1) is 12.2. The van der Waals surface area contributed by atoms with Crippen LogP contribution in [-0.4, -0.2) is 42.6 Å². The van der Waals surface area contributed by atoms with Gasteiger partial charge in [-0.2, -0.15) is 0 Å². The molecule has 0 amide bonds. The van der Waals surface area contributed by atoms with Gasteiger partial charge in [0.15, 0.2) is 0 Å². The second kappa shape index (κ2) is 4.95. The van der Waals surface area contributed by atoms with Gasteiger partial charge in [-0.15, -0.1) is 0 Å². The molecule has 6 heteroatoms. The van der Waals surface area contributed by atoms with Crippen molar-refractivity contribution in [1.29, 1.82) is 0 Å². The zero-order valence-corrected chi connectivity index (χ0v) is 11.8. The molecule has 0 N–H and O–H groups in total. The van der Waals surface area contributed by atoms with E-state index in [-0.39, 0.29) is 0 Å². The third kappa shape index (κ3) is 2.37. The fourth-order valence-corrected chi connectivity index (χ4v) is 8.73. The zero-order chi connectivity index (χ0) is 11.5. The van der Waals surface area contributed by atoms with E-state index in [2.05, 4.69) is 13.1 Å². The summed E-state index contributed by atoms with van der Waals surface area (Å²) in [5.74, 6) is 0. The first-order valence-corrected chi connectivity index (χ1v) is 11.2. The molecule has 0 aromatic heterocycles. The number of hydrogen-bond acceptors (Lipinski definition) is 4. The molecule has 0 saturated heterocycles. The maximum absolute atomic E-state index is 5.90. The van der Waals surface area contributed by atoms with Crippen LogP contribution in [0.1, 0.15) is 0 Å². The van der Waals surface area contributed by atoms with Gasteiger partial charge in [0, 0.05) is 0 Å². The lowest BCUT2D eigenvalue weighted by Gasteiger charge is -2.37. The second-order valence-corrected chi connectivity index (χ2v) is 14.5. The van der Waals surface area contributed by atoms with Crippen molar-refractivity contribution in [2.45, 2.75) is 13.1 Å². The monoisotopic (exact) mass is 258 g/mol. The molecule has 16 heavy (non-hydrogen) atoms. The standard InChI is InChI=1S/C10H18O4Si2/c1-15(11-7-3-4-8-12-15)16(2)13-9-5-6-10-14-16/h3-6H,7-10H2,1-2H3. The van der Waals surface area contributed by atoms with E-state index in [1.54, 1.807) is 0 Å². The summed E-state index contributed by atoms with van der Waals surface area (Å²) in [6, 6.07) is 0. The minimum absolute atomic E-state index is 0.603. The smallest absolute Gasteiger partial charge is 0.381 e. The predicted molar refractivity (Wildman–Crippen MR) is 65.3 cm³/mol. The maximum Gasteiger partial charge on any atom is 0.381 e. The van der Waals surface area contributed by atoms with Crippen molar-refractivity contribution in [3.8, 4) is 0 Å². The van der Waals surface area contributed by atoms with Crippen molar-refractivity contribution < 1.29 is 17.7 Å². The zero-order valence-electron chi connectivity index (χ0n) is 9.77. The molecule has 2 rings (SSSR count). The molecule has 0 radical (unpaired) electrons. The van der Waals surface area contributed by atoms with Gasteiger partial charge in [-0.1, -0.05) is 24.3 Å². The SMILES string of the molecule is C[Si]1([Si]2(C)OCC=CCO2)OCC=CCO1. The van der Waals surface area contributed by atoms with Crippen molar-refractivity contribution in [2.75, 3.05) is 26.4 Å². The third-order valence-corrected chi connectivity index (χ3v) is 14.2. The van der Waals surface area contributed by atoms with E-state index in [1.165, 1.54) is 0 Å². The van der Waals surface area contributed by atoms with Crippen LogP contribution in [0.4, 0.5) is 0 Å². The summed E-state index contributed by atoms with van der Waals surface area (Å²) in [5.41, 5.74) is 0. The summed E-state index contributed by atoms with van der Waals surface area (Å²) in [6.45, 7) is 6.52. The van der Waals surface area contributed by atoms with Crippen LogP contribution in [0.15, 0.2) is 24.3 Å². The summed E-state index contributed by atoms with van der Waals surface area (Å²) in [4.78, 5) is 0. The molecule has 2 heterocycles. The van der Waals surface area contributed by atoms with Crippen molar-refractivity contribution in [2.24, 2.45) is 0 Å². The first-order valence-electron chi connectivity index (χ1n) is 5.52. The minimum Gasteiger partial charge on any atom is -0.390 e. The molecule has 0 bridgehead atoms. The average molecular weight is 258 g/mol. The Kier molecular flexibility index (Phi) is 3.78. The Bertz CT molecular complexity index is 253. The van der Waals surface area contributed by atoms with E-state index < -0.39 is 16.2 Å². The lowest BCUT2D eigenvalue weighted by molar-refractivity contribution is 0.178. The fourth-order valence-electron chi connectivity index (χ4n) is 1.71. The van der Waals surface area contributed by atoms with Crippen LogP contribution in [-0.2, 0) is 17.7 Å². The van der Waals surface area contributed by atoms with Gasteiger partial charge in [-0.05, 0) is 13.1 Å². The molecule has 0 aliphatic carbocycles. The van der Waals surface area contributed by atoms with Crippen molar-refractivity contribution in [3.05, 3.63) is 24.3 Å². The van der Waals surface area contributed by atoms with Crippen LogP contribution in [0.5, 0.6) is 0 Å². The Morgan fingerprint density at radius 3 is 1.12 bits per heavy atom. The van der Waals surface area contributed by atoms with Gasteiger partial charge >= 0.3 is 16.2 Å². The summed E-state index contributed by atoms with van der Waals surface area (Å²) in [7, 11) is -4.70. The minimum atomic E-state index is -2.35. The van der Waals surface area contributed by atoms with Gasteiger partial charge in [-0.3, -0.25) is 0 Å². The van der Waals surface area contributed by atoms with Crippen LogP contribution in [0, 0.1) is 0 Å².